The van der Waals surface area contributed by atoms with Crippen LogP contribution >= 0.6 is 0 Å². The van der Waals surface area contributed by atoms with Gasteiger partial charge in [-0.25, -0.2) is 4.79 Å². The summed E-state index contributed by atoms with van der Waals surface area (Å²) in [6, 6.07) is 11.5. The highest BCUT2D eigenvalue weighted by atomic mass is 16.5. The average molecular weight is 493 g/mol. The number of carbonyl (C=O) groups is 2. The predicted molar refractivity (Wildman–Crippen MR) is 146 cm³/mol. The highest BCUT2D eigenvalue weighted by Gasteiger charge is 2.23. The number of urea groups is 1. The number of nitrogens with one attached hydrogen (secondary N) is 3. The number of para-hydroxylation sites is 1. The Morgan fingerprint density at radius 2 is 1.67 bits per heavy atom. The van der Waals surface area contributed by atoms with Gasteiger partial charge in [0.1, 0.15) is 0 Å². The smallest absolute Gasteiger partial charge is 0.323 e. The number of ether oxygens (including phenoxy) is 1. The molecule has 2 aliphatic heterocycles. The molecule has 2 saturated heterocycles. The second-order valence-electron chi connectivity index (χ2n) is 10.5. The standard InChI is InChI=1S/C29H40N4O3/c1-19(2)23-10-7-11-24(20(3)4)27(23)32-29(35)31-21-12-13-26(33-14-5-6-15-33)25(17-21)28(34)30-18-22-9-8-16-36-22/h7,10-13,17,19-20,22H,5-6,8-9,14-16,18H2,1-4H3,(H,30,34)(H2,31,32,35). The molecule has 7 nitrogen and oxygen atoms in total. The predicted octanol–water partition coefficient (Wildman–Crippen LogP) is 6.09. The van der Waals surface area contributed by atoms with Crippen LogP contribution in [0.3, 0.4) is 0 Å². The first kappa shape index (κ1) is 26.0. The SMILES string of the molecule is CC(C)c1cccc(C(C)C)c1NC(=O)Nc1ccc(N2CCCC2)c(C(=O)NCC2CCCO2)c1. The first-order valence-corrected chi connectivity index (χ1v) is 13.3. The largest absolute Gasteiger partial charge is 0.376 e. The third-order valence-electron chi connectivity index (χ3n) is 7.07. The molecule has 0 bridgehead atoms. The van der Waals surface area contributed by atoms with Crippen molar-refractivity contribution in [3.63, 3.8) is 0 Å². The van der Waals surface area contributed by atoms with Crippen LogP contribution in [0.25, 0.3) is 0 Å². The summed E-state index contributed by atoms with van der Waals surface area (Å²) >= 11 is 0. The zero-order chi connectivity index (χ0) is 25.7. The van der Waals surface area contributed by atoms with Gasteiger partial charge in [-0.15, -0.1) is 0 Å². The second-order valence-corrected chi connectivity index (χ2v) is 10.5. The van der Waals surface area contributed by atoms with Crippen molar-refractivity contribution in [2.75, 3.05) is 41.8 Å². The van der Waals surface area contributed by atoms with E-state index in [2.05, 4.69) is 60.7 Å². The van der Waals surface area contributed by atoms with Crippen molar-refractivity contribution in [1.29, 1.82) is 0 Å². The van der Waals surface area contributed by atoms with Gasteiger partial charge < -0.3 is 25.6 Å². The van der Waals surface area contributed by atoms with Gasteiger partial charge in [-0.05, 0) is 66.8 Å². The van der Waals surface area contributed by atoms with Crippen LogP contribution in [0.4, 0.5) is 21.9 Å². The van der Waals surface area contributed by atoms with E-state index in [9.17, 15) is 9.59 Å². The van der Waals surface area contributed by atoms with Crippen molar-refractivity contribution < 1.29 is 14.3 Å². The quantitative estimate of drug-likeness (QED) is 0.417. The van der Waals surface area contributed by atoms with Crippen LogP contribution in [0.15, 0.2) is 36.4 Å². The minimum absolute atomic E-state index is 0.0763. The Morgan fingerprint density at radius 1 is 0.972 bits per heavy atom. The lowest BCUT2D eigenvalue weighted by molar-refractivity contribution is 0.0858. The van der Waals surface area contributed by atoms with E-state index in [1.165, 1.54) is 0 Å². The number of benzene rings is 2. The molecule has 36 heavy (non-hydrogen) atoms. The van der Waals surface area contributed by atoms with Gasteiger partial charge in [-0.1, -0.05) is 45.9 Å². The molecule has 1 atom stereocenters. The molecule has 2 heterocycles. The molecule has 2 aliphatic rings. The van der Waals surface area contributed by atoms with Crippen LogP contribution in [0.2, 0.25) is 0 Å². The normalized spacial score (nSPS) is 17.6. The summed E-state index contributed by atoms with van der Waals surface area (Å²) in [6.07, 6.45) is 4.32. The van der Waals surface area contributed by atoms with E-state index >= 15 is 0 Å². The molecule has 0 saturated carbocycles. The van der Waals surface area contributed by atoms with Crippen LogP contribution in [0.5, 0.6) is 0 Å². The lowest BCUT2D eigenvalue weighted by atomic mass is 9.93. The van der Waals surface area contributed by atoms with Gasteiger partial charge in [0.25, 0.3) is 5.91 Å². The summed E-state index contributed by atoms with van der Waals surface area (Å²) in [4.78, 5) is 28.6. The average Bonchev–Trinajstić information content (AvgIpc) is 3.57. The van der Waals surface area contributed by atoms with Gasteiger partial charge in [0.2, 0.25) is 0 Å². The van der Waals surface area contributed by atoms with Crippen LogP contribution in [-0.4, -0.2) is 44.3 Å². The molecule has 2 aromatic rings. The molecule has 0 spiro atoms. The lowest BCUT2D eigenvalue weighted by Gasteiger charge is -2.23. The van der Waals surface area contributed by atoms with Crippen molar-refractivity contribution in [2.24, 2.45) is 0 Å². The van der Waals surface area contributed by atoms with E-state index in [1.54, 1.807) is 6.07 Å². The number of carbonyl (C=O) groups excluding carboxylic acids is 2. The van der Waals surface area contributed by atoms with Crippen molar-refractivity contribution in [3.8, 4) is 0 Å². The number of amides is 3. The molecule has 2 aromatic carbocycles. The van der Waals surface area contributed by atoms with Gasteiger partial charge in [0, 0.05) is 43.3 Å². The molecule has 2 fully saturated rings. The number of hydrogen-bond donors (Lipinski definition) is 3. The Balaban J connectivity index is 1.53. The van der Waals surface area contributed by atoms with E-state index in [0.717, 1.165) is 67.9 Å². The van der Waals surface area contributed by atoms with Gasteiger partial charge in [-0.3, -0.25) is 4.79 Å². The fourth-order valence-corrected chi connectivity index (χ4v) is 5.11. The second kappa shape index (κ2) is 11.8. The summed E-state index contributed by atoms with van der Waals surface area (Å²) in [7, 11) is 0. The number of nitrogens with zero attached hydrogens (tertiary/aromatic N) is 1. The molecule has 0 aliphatic carbocycles. The van der Waals surface area contributed by atoms with Gasteiger partial charge in [0.05, 0.1) is 11.7 Å². The number of hydrogen-bond acceptors (Lipinski definition) is 4. The Hall–Kier alpha value is -3.06. The topological polar surface area (TPSA) is 82.7 Å². The molecular weight excluding hydrogens is 452 g/mol. The Bertz CT molecular complexity index is 1040. The van der Waals surface area contributed by atoms with Gasteiger partial charge in [0.15, 0.2) is 0 Å². The summed E-state index contributed by atoms with van der Waals surface area (Å²) in [5.41, 5.74) is 5.16. The van der Waals surface area contributed by atoms with Crippen molar-refractivity contribution in [2.45, 2.75) is 71.3 Å². The Labute approximate surface area is 215 Å². The van der Waals surface area contributed by atoms with Crippen molar-refractivity contribution in [3.05, 3.63) is 53.1 Å². The maximum Gasteiger partial charge on any atom is 0.323 e. The number of anilines is 3. The fraction of sp³-hybridized carbons (Fsp3) is 0.517. The Kier molecular flexibility index (Phi) is 8.52. The molecule has 0 radical (unpaired) electrons. The van der Waals surface area contributed by atoms with E-state index in [4.69, 9.17) is 4.74 Å². The fourth-order valence-electron chi connectivity index (χ4n) is 5.11. The van der Waals surface area contributed by atoms with Crippen LogP contribution in [-0.2, 0) is 4.74 Å². The summed E-state index contributed by atoms with van der Waals surface area (Å²) in [5.74, 6) is 0.416. The monoisotopic (exact) mass is 492 g/mol. The lowest BCUT2D eigenvalue weighted by Crippen LogP contribution is -2.33. The van der Waals surface area contributed by atoms with E-state index < -0.39 is 0 Å². The van der Waals surface area contributed by atoms with Crippen LogP contribution < -0.4 is 20.9 Å². The first-order valence-electron chi connectivity index (χ1n) is 13.3. The maximum atomic E-state index is 13.2. The molecule has 194 valence electrons. The van der Waals surface area contributed by atoms with Gasteiger partial charge in [-0.2, -0.15) is 0 Å². The molecule has 4 rings (SSSR count). The highest BCUT2D eigenvalue weighted by molar-refractivity contribution is 6.04. The van der Waals surface area contributed by atoms with Gasteiger partial charge >= 0.3 is 6.03 Å². The third kappa shape index (κ3) is 6.19. The van der Waals surface area contributed by atoms with E-state index in [0.29, 0.717) is 17.8 Å². The van der Waals surface area contributed by atoms with Crippen LogP contribution in [0, 0.1) is 0 Å². The minimum Gasteiger partial charge on any atom is -0.376 e. The van der Waals surface area contributed by atoms with Crippen LogP contribution in [0.1, 0.15) is 86.7 Å². The summed E-state index contributed by atoms with van der Waals surface area (Å²) < 4.78 is 5.66. The van der Waals surface area contributed by atoms with Crippen molar-refractivity contribution >= 4 is 29.0 Å². The van der Waals surface area contributed by atoms with Crippen molar-refractivity contribution in [1.82, 2.24) is 5.32 Å². The Morgan fingerprint density at radius 3 is 2.28 bits per heavy atom. The minimum atomic E-state index is -0.315. The molecule has 0 aromatic heterocycles. The highest BCUT2D eigenvalue weighted by Crippen LogP contribution is 2.33. The molecule has 3 N–H and O–H groups in total. The summed E-state index contributed by atoms with van der Waals surface area (Å²) in [5, 5.41) is 9.10. The molecule has 3 amide bonds. The molecule has 7 heteroatoms. The first-order chi connectivity index (χ1) is 17.3. The third-order valence-corrected chi connectivity index (χ3v) is 7.07. The maximum absolute atomic E-state index is 13.2. The summed E-state index contributed by atoms with van der Waals surface area (Å²) in [6.45, 7) is 11.6. The van der Waals surface area contributed by atoms with E-state index in [1.807, 2.05) is 18.2 Å². The molecular formula is C29H40N4O3. The molecule has 1 unspecified atom stereocenters. The van der Waals surface area contributed by atoms with E-state index in [-0.39, 0.29) is 29.9 Å². The zero-order valence-electron chi connectivity index (χ0n) is 22.0. The number of rotatable bonds is 8. The zero-order valence-corrected chi connectivity index (χ0v) is 22.0.